The first-order chi connectivity index (χ1) is 9.04. The topological polar surface area (TPSA) is 79.4 Å². The number of nitrogens with zero attached hydrogens (tertiary/aromatic N) is 3. The van der Waals surface area contributed by atoms with Gasteiger partial charge in [-0.05, 0) is 26.0 Å². The van der Waals surface area contributed by atoms with E-state index < -0.39 is 4.92 Å². The van der Waals surface area contributed by atoms with Gasteiger partial charge < -0.3 is 9.64 Å². The predicted molar refractivity (Wildman–Crippen MR) is 72.3 cm³/mol. The summed E-state index contributed by atoms with van der Waals surface area (Å²) in [6.07, 6.45) is 0. The molecule has 0 saturated carbocycles. The molecule has 102 valence electrons. The van der Waals surface area contributed by atoms with Gasteiger partial charge in [0.25, 0.3) is 0 Å². The van der Waals surface area contributed by atoms with E-state index in [2.05, 4.69) is 6.07 Å². The summed E-state index contributed by atoms with van der Waals surface area (Å²) in [5.41, 5.74) is 0.422. The number of anilines is 1. The van der Waals surface area contributed by atoms with E-state index in [0.717, 1.165) is 0 Å². The molecule has 1 aromatic carbocycles. The van der Waals surface area contributed by atoms with Crippen LogP contribution in [0.2, 0.25) is 0 Å². The minimum atomic E-state index is -0.451. The van der Waals surface area contributed by atoms with Gasteiger partial charge in [-0.3, -0.25) is 10.1 Å². The summed E-state index contributed by atoms with van der Waals surface area (Å²) in [4.78, 5) is 12.6. The highest BCUT2D eigenvalue weighted by Crippen LogP contribution is 2.37. The number of para-hydroxylation sites is 1. The molecule has 6 nitrogen and oxygen atoms in total. The normalized spacial score (nSPS) is 11.5. The van der Waals surface area contributed by atoms with Crippen molar-refractivity contribution in [1.29, 1.82) is 5.26 Å². The highest BCUT2D eigenvalue weighted by Gasteiger charge is 2.24. The predicted octanol–water partition coefficient (Wildman–Crippen LogP) is 2.59. The number of benzene rings is 1. The quantitative estimate of drug-likeness (QED) is 0.582. The molecule has 0 N–H and O–H groups in total. The molecule has 0 heterocycles. The van der Waals surface area contributed by atoms with Crippen LogP contribution in [0.25, 0.3) is 0 Å². The lowest BCUT2D eigenvalue weighted by Crippen LogP contribution is -2.28. The van der Waals surface area contributed by atoms with E-state index in [4.69, 9.17) is 10.00 Å². The molecular formula is C13H17N3O3. The van der Waals surface area contributed by atoms with E-state index in [1.54, 1.807) is 25.1 Å². The summed E-state index contributed by atoms with van der Waals surface area (Å²) in [6, 6.07) is 7.08. The van der Waals surface area contributed by atoms with Crippen molar-refractivity contribution < 1.29 is 9.66 Å². The number of nitriles is 1. The summed E-state index contributed by atoms with van der Waals surface area (Å²) in [5, 5.41) is 20.1. The minimum absolute atomic E-state index is 0.0583. The second kappa shape index (κ2) is 6.59. The van der Waals surface area contributed by atoms with Crippen molar-refractivity contribution in [3.63, 3.8) is 0 Å². The first-order valence-corrected chi connectivity index (χ1v) is 6.01. The Morgan fingerprint density at radius 2 is 2.26 bits per heavy atom. The number of nitro groups is 1. The monoisotopic (exact) mass is 263 g/mol. The van der Waals surface area contributed by atoms with Gasteiger partial charge >= 0.3 is 5.69 Å². The molecule has 0 fully saturated rings. The first-order valence-electron chi connectivity index (χ1n) is 6.01. The van der Waals surface area contributed by atoms with Crippen LogP contribution in [0.1, 0.15) is 13.8 Å². The summed E-state index contributed by atoms with van der Waals surface area (Å²) >= 11 is 0. The molecule has 0 amide bonds. The highest BCUT2D eigenvalue weighted by molar-refractivity contribution is 5.69. The molecule has 6 heteroatoms. The van der Waals surface area contributed by atoms with Gasteiger partial charge in [0.1, 0.15) is 5.69 Å². The third kappa shape index (κ3) is 3.35. The van der Waals surface area contributed by atoms with Crippen molar-refractivity contribution in [2.24, 2.45) is 5.92 Å². The molecule has 0 aliphatic rings. The zero-order valence-corrected chi connectivity index (χ0v) is 11.3. The molecule has 1 aromatic rings. The smallest absolute Gasteiger partial charge is 0.333 e. The highest BCUT2D eigenvalue weighted by atomic mass is 16.6. The van der Waals surface area contributed by atoms with Gasteiger partial charge in [-0.2, -0.15) is 5.26 Å². The fourth-order valence-corrected chi connectivity index (χ4v) is 1.88. The Labute approximate surface area is 112 Å². The van der Waals surface area contributed by atoms with Gasteiger partial charge in [-0.25, -0.2) is 0 Å². The second-order valence-electron chi connectivity index (χ2n) is 4.15. The van der Waals surface area contributed by atoms with Gasteiger partial charge in [-0.1, -0.05) is 6.07 Å². The van der Waals surface area contributed by atoms with Crippen molar-refractivity contribution >= 4 is 11.4 Å². The lowest BCUT2D eigenvalue weighted by molar-refractivity contribution is -0.385. The molecule has 0 spiro atoms. The molecule has 1 unspecified atom stereocenters. The number of hydrogen-bond donors (Lipinski definition) is 0. The van der Waals surface area contributed by atoms with Crippen molar-refractivity contribution in [2.45, 2.75) is 13.8 Å². The molecule has 0 aromatic heterocycles. The lowest BCUT2D eigenvalue weighted by atomic mass is 10.1. The van der Waals surface area contributed by atoms with E-state index in [9.17, 15) is 10.1 Å². The van der Waals surface area contributed by atoms with E-state index in [-0.39, 0.29) is 17.4 Å². The molecular weight excluding hydrogens is 246 g/mol. The Hall–Kier alpha value is -2.29. The number of methoxy groups -OCH3 is 1. The Kier molecular flexibility index (Phi) is 5.12. The lowest BCUT2D eigenvalue weighted by Gasteiger charge is -2.24. The minimum Gasteiger partial charge on any atom is -0.490 e. The number of ether oxygens (including phenoxy) is 1. The number of hydrogen-bond acceptors (Lipinski definition) is 5. The van der Waals surface area contributed by atoms with Crippen LogP contribution in [0.5, 0.6) is 5.75 Å². The fourth-order valence-electron chi connectivity index (χ4n) is 1.88. The van der Waals surface area contributed by atoms with Gasteiger partial charge in [0.2, 0.25) is 0 Å². The zero-order valence-electron chi connectivity index (χ0n) is 11.3. The van der Waals surface area contributed by atoms with E-state index in [0.29, 0.717) is 18.8 Å². The van der Waals surface area contributed by atoms with Crippen molar-refractivity contribution in [2.75, 3.05) is 25.1 Å². The van der Waals surface area contributed by atoms with Crippen LogP contribution < -0.4 is 9.64 Å². The Bertz CT molecular complexity index is 496. The molecule has 0 aliphatic heterocycles. The summed E-state index contributed by atoms with van der Waals surface area (Å²) in [5.74, 6) is 0.0244. The number of rotatable bonds is 6. The molecule has 1 rings (SSSR count). The van der Waals surface area contributed by atoms with Crippen LogP contribution in [0.15, 0.2) is 18.2 Å². The van der Waals surface area contributed by atoms with Gasteiger partial charge in [0.05, 0.1) is 24.0 Å². The van der Waals surface area contributed by atoms with Crippen LogP contribution in [0.3, 0.4) is 0 Å². The maximum Gasteiger partial charge on any atom is 0.333 e. The van der Waals surface area contributed by atoms with Crippen LogP contribution in [-0.2, 0) is 0 Å². The molecule has 0 saturated heterocycles. The summed E-state index contributed by atoms with van der Waals surface area (Å²) in [7, 11) is 1.40. The average Bonchev–Trinajstić information content (AvgIpc) is 2.43. The van der Waals surface area contributed by atoms with Crippen LogP contribution >= 0.6 is 0 Å². The third-order valence-electron chi connectivity index (χ3n) is 2.82. The van der Waals surface area contributed by atoms with Crippen LogP contribution in [0.4, 0.5) is 11.4 Å². The van der Waals surface area contributed by atoms with E-state index >= 15 is 0 Å². The molecule has 1 atom stereocenters. The Balaban J connectivity index is 3.24. The second-order valence-corrected chi connectivity index (χ2v) is 4.15. The SMILES string of the molecule is CCN(CC(C)C#N)c1cccc(OC)c1[N+](=O)[O-]. The first kappa shape index (κ1) is 14.8. The number of nitro benzene ring substituents is 1. The van der Waals surface area contributed by atoms with Gasteiger partial charge in [0, 0.05) is 13.1 Å². The Morgan fingerprint density at radius 3 is 2.74 bits per heavy atom. The Morgan fingerprint density at radius 1 is 1.58 bits per heavy atom. The van der Waals surface area contributed by atoms with Gasteiger partial charge in [0.15, 0.2) is 5.75 Å². The van der Waals surface area contributed by atoms with Crippen molar-refractivity contribution in [1.82, 2.24) is 0 Å². The average molecular weight is 263 g/mol. The standard InChI is InChI=1S/C13H17N3O3/c1-4-15(9-10(2)8-14)11-6-5-7-12(19-3)13(11)16(17)18/h5-7,10H,4,9H2,1-3H3. The zero-order chi connectivity index (χ0) is 14.4. The third-order valence-corrected chi connectivity index (χ3v) is 2.82. The van der Waals surface area contributed by atoms with E-state index in [1.807, 2.05) is 11.8 Å². The summed E-state index contributed by atoms with van der Waals surface area (Å²) in [6.45, 7) is 4.71. The summed E-state index contributed by atoms with van der Waals surface area (Å²) < 4.78 is 5.04. The van der Waals surface area contributed by atoms with Crippen molar-refractivity contribution in [3.8, 4) is 11.8 Å². The fraction of sp³-hybridized carbons (Fsp3) is 0.462. The molecule has 19 heavy (non-hydrogen) atoms. The largest absolute Gasteiger partial charge is 0.490 e. The molecule has 0 radical (unpaired) electrons. The van der Waals surface area contributed by atoms with Crippen LogP contribution in [0, 0.1) is 27.4 Å². The maximum absolute atomic E-state index is 11.2. The van der Waals surface area contributed by atoms with Gasteiger partial charge in [-0.15, -0.1) is 0 Å². The van der Waals surface area contributed by atoms with Crippen molar-refractivity contribution in [3.05, 3.63) is 28.3 Å². The van der Waals surface area contributed by atoms with Crippen LogP contribution in [-0.4, -0.2) is 25.1 Å². The molecule has 0 bridgehead atoms. The maximum atomic E-state index is 11.2. The van der Waals surface area contributed by atoms with E-state index in [1.165, 1.54) is 7.11 Å². The molecule has 0 aliphatic carbocycles.